The molecule has 0 saturated heterocycles. The van der Waals surface area contributed by atoms with E-state index in [-0.39, 0.29) is 22.4 Å². The Labute approximate surface area is 183 Å². The largest absolute Gasteiger partial charge is 0.465 e. The maximum atomic E-state index is 12.7. The van der Waals surface area contributed by atoms with E-state index >= 15 is 0 Å². The number of halogens is 1. The van der Waals surface area contributed by atoms with Gasteiger partial charge in [0, 0.05) is 11.4 Å². The van der Waals surface area contributed by atoms with Gasteiger partial charge in [-0.15, -0.1) is 11.3 Å². The van der Waals surface area contributed by atoms with Crippen LogP contribution < -0.4 is 4.72 Å². The fraction of sp³-hybridized carbons (Fsp3) is 0.316. The zero-order valence-corrected chi connectivity index (χ0v) is 18.9. The first-order valence-corrected chi connectivity index (χ1v) is 11.4. The summed E-state index contributed by atoms with van der Waals surface area (Å²) in [5, 5.41) is 0.599. The summed E-state index contributed by atoms with van der Waals surface area (Å²) in [5.41, 5.74) is 0.762. The van der Waals surface area contributed by atoms with E-state index in [2.05, 4.69) is 9.47 Å². The molecule has 11 heteroatoms. The number of benzene rings is 1. The van der Waals surface area contributed by atoms with Crippen LogP contribution in [0.5, 0.6) is 0 Å². The van der Waals surface area contributed by atoms with Crippen molar-refractivity contribution in [3.8, 4) is 0 Å². The summed E-state index contributed by atoms with van der Waals surface area (Å²) < 4.78 is 36.2. The van der Waals surface area contributed by atoms with Crippen LogP contribution in [0.25, 0.3) is 0 Å². The Bertz CT molecular complexity index is 1060. The Balaban J connectivity index is 2.17. The maximum Gasteiger partial charge on any atom is 0.348 e. The number of nitrogens with one attached hydrogen (secondary N) is 1. The van der Waals surface area contributed by atoms with Gasteiger partial charge in [0.1, 0.15) is 4.88 Å². The number of rotatable bonds is 8. The van der Waals surface area contributed by atoms with E-state index in [9.17, 15) is 22.8 Å². The van der Waals surface area contributed by atoms with E-state index in [4.69, 9.17) is 11.6 Å². The number of hydrogen-bond acceptors (Lipinski definition) is 8. The monoisotopic (exact) mass is 473 g/mol. The number of methoxy groups -OCH3 is 2. The minimum Gasteiger partial charge on any atom is -0.465 e. The number of esters is 2. The number of sulfonamides is 1. The van der Waals surface area contributed by atoms with Crippen molar-refractivity contribution in [2.24, 2.45) is 0 Å². The summed E-state index contributed by atoms with van der Waals surface area (Å²) in [7, 11) is -2.18. The standard InChI is InChI=1S/C19H20ClNO7S2/c1-11-15(17(23)27-2)19(29-16(11)18(24)28-3)30(25,26)21-14(22)6-4-5-12-7-9-13(20)10-8-12/h7-10H,4-6H2,1-3H3,(H,21,22). The number of ether oxygens (including phenoxy) is 2. The van der Waals surface area contributed by atoms with Crippen molar-refractivity contribution in [3.05, 3.63) is 50.9 Å². The SMILES string of the molecule is COC(=O)c1sc(S(=O)(=O)NC(=O)CCCc2ccc(Cl)cc2)c(C(=O)OC)c1C. The van der Waals surface area contributed by atoms with E-state index in [0.29, 0.717) is 29.2 Å². The quantitative estimate of drug-likeness (QED) is 0.585. The molecule has 0 fully saturated rings. The molecule has 0 unspecified atom stereocenters. The second-order valence-corrected chi connectivity index (χ2v) is 9.55. The molecule has 1 aromatic carbocycles. The molecule has 0 bridgehead atoms. The fourth-order valence-electron chi connectivity index (χ4n) is 2.65. The molecule has 0 atom stereocenters. The summed E-state index contributed by atoms with van der Waals surface area (Å²) in [6, 6.07) is 7.10. The molecule has 1 aromatic heterocycles. The molecule has 0 aliphatic rings. The van der Waals surface area contributed by atoms with Gasteiger partial charge >= 0.3 is 11.9 Å². The van der Waals surface area contributed by atoms with Crippen molar-refractivity contribution < 1.29 is 32.3 Å². The second-order valence-electron chi connectivity index (χ2n) is 6.21. The van der Waals surface area contributed by atoms with Crippen LogP contribution >= 0.6 is 22.9 Å². The van der Waals surface area contributed by atoms with Crippen molar-refractivity contribution in [1.82, 2.24) is 4.72 Å². The van der Waals surface area contributed by atoms with Crippen molar-refractivity contribution in [2.75, 3.05) is 14.2 Å². The van der Waals surface area contributed by atoms with E-state index in [1.165, 1.54) is 6.92 Å². The van der Waals surface area contributed by atoms with E-state index in [0.717, 1.165) is 19.8 Å². The first-order valence-electron chi connectivity index (χ1n) is 8.70. The van der Waals surface area contributed by atoms with Crippen LogP contribution in [0.2, 0.25) is 5.02 Å². The van der Waals surface area contributed by atoms with Crippen LogP contribution in [0.1, 0.15) is 44.0 Å². The van der Waals surface area contributed by atoms with Gasteiger partial charge in [-0.2, -0.15) is 0 Å². The summed E-state index contributed by atoms with van der Waals surface area (Å²) in [6.07, 6.45) is 0.913. The number of amides is 1. The van der Waals surface area contributed by atoms with Gasteiger partial charge in [-0.3, -0.25) is 4.79 Å². The first kappa shape index (κ1) is 23.8. The fourth-order valence-corrected chi connectivity index (χ4v) is 5.54. The predicted octanol–water partition coefficient (Wildman–Crippen LogP) is 3.11. The third-order valence-electron chi connectivity index (χ3n) is 4.15. The van der Waals surface area contributed by atoms with Gasteiger partial charge in [0.15, 0.2) is 4.21 Å². The molecule has 2 rings (SSSR count). The number of carbonyl (C=O) groups excluding carboxylic acids is 3. The van der Waals surface area contributed by atoms with Crippen molar-refractivity contribution in [2.45, 2.75) is 30.4 Å². The molecular weight excluding hydrogens is 454 g/mol. The molecule has 162 valence electrons. The molecule has 0 spiro atoms. The minimum absolute atomic E-state index is 0.0520. The van der Waals surface area contributed by atoms with Crippen molar-refractivity contribution in [1.29, 1.82) is 0 Å². The Morgan fingerprint density at radius 1 is 1.07 bits per heavy atom. The molecule has 30 heavy (non-hydrogen) atoms. The minimum atomic E-state index is -4.40. The van der Waals surface area contributed by atoms with Crippen LogP contribution in [0.3, 0.4) is 0 Å². The topological polar surface area (TPSA) is 116 Å². The lowest BCUT2D eigenvalue weighted by molar-refractivity contribution is -0.119. The van der Waals surface area contributed by atoms with Gasteiger partial charge < -0.3 is 9.47 Å². The summed E-state index contributed by atoms with van der Waals surface area (Å²) in [6.45, 7) is 1.40. The van der Waals surface area contributed by atoms with Gasteiger partial charge in [-0.1, -0.05) is 23.7 Å². The highest BCUT2D eigenvalue weighted by atomic mass is 35.5. The van der Waals surface area contributed by atoms with Crippen LogP contribution in [0.4, 0.5) is 0 Å². The van der Waals surface area contributed by atoms with Crippen LogP contribution in [-0.4, -0.2) is 40.5 Å². The van der Waals surface area contributed by atoms with Crippen LogP contribution in [0, 0.1) is 6.92 Å². The van der Waals surface area contributed by atoms with Crippen molar-refractivity contribution >= 4 is 50.8 Å². The maximum absolute atomic E-state index is 12.7. The number of hydrogen-bond donors (Lipinski definition) is 1. The number of thiophene rings is 1. The van der Waals surface area contributed by atoms with Crippen LogP contribution in [0.15, 0.2) is 28.5 Å². The molecule has 1 heterocycles. The number of aryl methyl sites for hydroxylation is 1. The summed E-state index contributed by atoms with van der Waals surface area (Å²) in [4.78, 5) is 36.1. The van der Waals surface area contributed by atoms with Crippen LogP contribution in [-0.2, 0) is 30.7 Å². The predicted molar refractivity (Wildman–Crippen MR) is 111 cm³/mol. The molecule has 1 amide bonds. The normalized spacial score (nSPS) is 11.1. The Morgan fingerprint density at radius 2 is 1.67 bits per heavy atom. The number of carbonyl (C=O) groups is 3. The molecule has 0 aliphatic heterocycles. The highest BCUT2D eigenvalue weighted by Crippen LogP contribution is 2.33. The molecular formula is C19H20ClNO7S2. The highest BCUT2D eigenvalue weighted by Gasteiger charge is 2.33. The van der Waals surface area contributed by atoms with Gasteiger partial charge in [-0.25, -0.2) is 22.7 Å². The lowest BCUT2D eigenvalue weighted by Crippen LogP contribution is -2.31. The van der Waals surface area contributed by atoms with Gasteiger partial charge in [-0.05, 0) is 43.0 Å². The van der Waals surface area contributed by atoms with Gasteiger partial charge in [0.2, 0.25) is 5.91 Å². The summed E-state index contributed by atoms with van der Waals surface area (Å²) in [5.74, 6) is -2.46. The third-order valence-corrected chi connectivity index (χ3v) is 7.56. The summed E-state index contributed by atoms with van der Waals surface area (Å²) >= 11 is 6.37. The average molecular weight is 474 g/mol. The van der Waals surface area contributed by atoms with E-state index in [1.54, 1.807) is 12.1 Å². The Morgan fingerprint density at radius 3 is 2.23 bits per heavy atom. The molecule has 1 N–H and O–H groups in total. The molecule has 0 radical (unpaired) electrons. The zero-order chi connectivity index (χ0) is 22.5. The molecule has 8 nitrogen and oxygen atoms in total. The van der Waals surface area contributed by atoms with E-state index < -0.39 is 32.1 Å². The van der Waals surface area contributed by atoms with Gasteiger partial charge in [0.05, 0.1) is 19.8 Å². The average Bonchev–Trinajstić information content (AvgIpc) is 3.06. The Kier molecular flexibility index (Phi) is 7.99. The second kappa shape index (κ2) is 10.1. The molecule has 0 aliphatic carbocycles. The first-order chi connectivity index (χ1) is 14.1. The smallest absolute Gasteiger partial charge is 0.348 e. The zero-order valence-electron chi connectivity index (χ0n) is 16.5. The molecule has 2 aromatic rings. The van der Waals surface area contributed by atoms with Gasteiger partial charge in [0.25, 0.3) is 10.0 Å². The Hall–Kier alpha value is -2.43. The molecule has 0 saturated carbocycles. The van der Waals surface area contributed by atoms with E-state index in [1.807, 2.05) is 16.9 Å². The highest BCUT2D eigenvalue weighted by molar-refractivity contribution is 7.92. The van der Waals surface area contributed by atoms with Crippen molar-refractivity contribution in [3.63, 3.8) is 0 Å². The lowest BCUT2D eigenvalue weighted by Gasteiger charge is -2.08. The lowest BCUT2D eigenvalue weighted by atomic mass is 10.1. The third kappa shape index (κ3) is 5.59.